The molecule has 2 aliphatic heterocycles. The van der Waals surface area contributed by atoms with E-state index in [9.17, 15) is 13.2 Å². The van der Waals surface area contributed by atoms with Crippen molar-refractivity contribution in [2.24, 2.45) is 0 Å². The van der Waals surface area contributed by atoms with Crippen LogP contribution in [0.1, 0.15) is 32.6 Å². The van der Waals surface area contributed by atoms with E-state index in [1.807, 2.05) is 0 Å². The van der Waals surface area contributed by atoms with Crippen LogP contribution in [-0.4, -0.2) is 37.8 Å². The third-order valence-corrected chi connectivity index (χ3v) is 5.98. The molecule has 0 aliphatic carbocycles. The summed E-state index contributed by atoms with van der Waals surface area (Å²) in [7, 11) is -3.51. The van der Waals surface area contributed by atoms with E-state index in [1.54, 1.807) is 17.3 Å². The van der Waals surface area contributed by atoms with Crippen LogP contribution in [-0.2, 0) is 14.8 Å². The molecule has 0 aromatic heterocycles. The number of carbonyl (C=O) groups excluding carboxylic acids is 1. The first-order valence-electron chi connectivity index (χ1n) is 7.60. The van der Waals surface area contributed by atoms with E-state index in [-0.39, 0.29) is 10.8 Å². The summed E-state index contributed by atoms with van der Waals surface area (Å²) < 4.78 is 32.6. The van der Waals surface area contributed by atoms with Crippen LogP contribution in [0, 0.1) is 0 Å². The van der Waals surface area contributed by atoms with Crippen LogP contribution in [0.3, 0.4) is 0 Å². The van der Waals surface area contributed by atoms with Crippen molar-refractivity contribution >= 4 is 21.6 Å². The lowest BCUT2D eigenvalue weighted by molar-refractivity contribution is -0.122. The van der Waals surface area contributed by atoms with Gasteiger partial charge in [-0.05, 0) is 31.9 Å². The van der Waals surface area contributed by atoms with Crippen molar-refractivity contribution in [1.29, 1.82) is 0 Å². The minimum absolute atomic E-state index is 0.219. The highest BCUT2D eigenvalue weighted by Gasteiger charge is 2.29. The standard InChI is InChI=1S/C15H20N2O4S/c1-11-15(18)16-13-7-6-12(10-14(13)21-11)22(19,20)17-8-4-2-3-5-9-17/h6-7,10-11H,2-5,8-9H2,1H3,(H,16,18)/t11-/m1/s1. The molecule has 6 nitrogen and oxygen atoms in total. The van der Waals surface area contributed by atoms with Crippen molar-refractivity contribution in [2.45, 2.75) is 43.6 Å². The van der Waals surface area contributed by atoms with E-state index < -0.39 is 16.1 Å². The number of benzene rings is 1. The highest BCUT2D eigenvalue weighted by molar-refractivity contribution is 7.89. The summed E-state index contributed by atoms with van der Waals surface area (Å²) in [6.45, 7) is 2.76. The van der Waals surface area contributed by atoms with Gasteiger partial charge in [0, 0.05) is 19.2 Å². The van der Waals surface area contributed by atoms with Crippen molar-refractivity contribution in [1.82, 2.24) is 4.31 Å². The third-order valence-electron chi connectivity index (χ3n) is 4.09. The minimum Gasteiger partial charge on any atom is -0.479 e. The number of fused-ring (bicyclic) bond motifs is 1. The predicted molar refractivity (Wildman–Crippen MR) is 82.4 cm³/mol. The lowest BCUT2D eigenvalue weighted by Crippen LogP contribution is -2.35. The molecule has 22 heavy (non-hydrogen) atoms. The van der Waals surface area contributed by atoms with Crippen molar-refractivity contribution in [3.05, 3.63) is 18.2 Å². The second-order valence-corrected chi connectivity index (χ2v) is 7.66. The van der Waals surface area contributed by atoms with Gasteiger partial charge in [-0.2, -0.15) is 4.31 Å². The van der Waals surface area contributed by atoms with Gasteiger partial charge in [-0.3, -0.25) is 4.79 Å². The fraction of sp³-hybridized carbons (Fsp3) is 0.533. The third kappa shape index (κ3) is 2.83. The maximum Gasteiger partial charge on any atom is 0.265 e. The Bertz CT molecular complexity index is 679. The summed E-state index contributed by atoms with van der Waals surface area (Å²) in [6.07, 6.45) is 3.32. The molecule has 1 amide bonds. The summed E-state index contributed by atoms with van der Waals surface area (Å²) in [5, 5.41) is 2.71. The fourth-order valence-corrected chi connectivity index (χ4v) is 4.31. The number of ether oxygens (including phenoxy) is 1. The van der Waals surface area contributed by atoms with E-state index in [0.717, 1.165) is 25.7 Å². The maximum absolute atomic E-state index is 12.8. The Morgan fingerprint density at radius 1 is 1.18 bits per heavy atom. The van der Waals surface area contributed by atoms with Gasteiger partial charge in [0.15, 0.2) is 6.10 Å². The van der Waals surface area contributed by atoms with Crippen LogP contribution in [0.5, 0.6) is 5.75 Å². The number of anilines is 1. The molecule has 1 aromatic rings. The SMILES string of the molecule is C[C@H]1Oc2cc(S(=O)(=O)N3CCCCCC3)ccc2NC1=O. The monoisotopic (exact) mass is 324 g/mol. The molecule has 0 bridgehead atoms. The van der Waals surface area contributed by atoms with Crippen LogP contribution in [0.4, 0.5) is 5.69 Å². The molecule has 3 rings (SSSR count). The number of amides is 1. The van der Waals surface area contributed by atoms with E-state index in [2.05, 4.69) is 5.32 Å². The molecule has 0 saturated carbocycles. The highest BCUT2D eigenvalue weighted by Crippen LogP contribution is 2.33. The van der Waals surface area contributed by atoms with Crippen molar-refractivity contribution in [2.75, 3.05) is 18.4 Å². The van der Waals surface area contributed by atoms with Gasteiger partial charge in [0.2, 0.25) is 10.0 Å². The molecule has 1 N–H and O–H groups in total. The molecule has 120 valence electrons. The number of nitrogens with one attached hydrogen (secondary N) is 1. The molecule has 1 fully saturated rings. The van der Waals surface area contributed by atoms with Crippen molar-refractivity contribution < 1.29 is 17.9 Å². The second kappa shape index (κ2) is 5.89. The predicted octanol–water partition coefficient (Wildman–Crippen LogP) is 1.97. The molecule has 0 radical (unpaired) electrons. The van der Waals surface area contributed by atoms with Crippen LogP contribution in [0.25, 0.3) is 0 Å². The average molecular weight is 324 g/mol. The number of sulfonamides is 1. The summed E-state index contributed by atoms with van der Waals surface area (Å²) in [6, 6.07) is 4.62. The Hall–Kier alpha value is -1.60. The Labute approximate surface area is 130 Å². The van der Waals surface area contributed by atoms with E-state index in [4.69, 9.17) is 4.74 Å². The molecular formula is C15H20N2O4S. The number of carbonyl (C=O) groups is 1. The number of hydrogen-bond acceptors (Lipinski definition) is 4. The molecule has 7 heteroatoms. The zero-order chi connectivity index (χ0) is 15.7. The topological polar surface area (TPSA) is 75.7 Å². The van der Waals surface area contributed by atoms with Gasteiger partial charge in [-0.15, -0.1) is 0 Å². The van der Waals surface area contributed by atoms with Gasteiger partial charge in [-0.1, -0.05) is 12.8 Å². The summed E-state index contributed by atoms with van der Waals surface area (Å²) in [5.74, 6) is 0.179. The van der Waals surface area contributed by atoms with Gasteiger partial charge >= 0.3 is 0 Å². The number of hydrogen-bond donors (Lipinski definition) is 1. The Morgan fingerprint density at radius 2 is 1.86 bits per heavy atom. The van der Waals surface area contributed by atoms with Gasteiger partial charge in [0.1, 0.15) is 5.75 Å². The smallest absolute Gasteiger partial charge is 0.265 e. The van der Waals surface area contributed by atoms with E-state index in [0.29, 0.717) is 24.5 Å². The van der Waals surface area contributed by atoms with Gasteiger partial charge in [-0.25, -0.2) is 8.42 Å². The first-order valence-corrected chi connectivity index (χ1v) is 9.04. The van der Waals surface area contributed by atoms with Crippen LogP contribution < -0.4 is 10.1 Å². The molecule has 0 unspecified atom stereocenters. The minimum atomic E-state index is -3.51. The first kappa shape index (κ1) is 15.3. The number of rotatable bonds is 2. The van der Waals surface area contributed by atoms with Gasteiger partial charge in [0.05, 0.1) is 10.6 Å². The molecule has 2 aliphatic rings. The lowest BCUT2D eigenvalue weighted by atomic mass is 10.2. The highest BCUT2D eigenvalue weighted by atomic mass is 32.2. The Kier molecular flexibility index (Phi) is 4.10. The summed E-state index contributed by atoms with van der Waals surface area (Å²) in [5.41, 5.74) is 0.512. The zero-order valence-electron chi connectivity index (χ0n) is 12.5. The fourth-order valence-electron chi connectivity index (χ4n) is 2.77. The van der Waals surface area contributed by atoms with Crippen molar-refractivity contribution in [3.63, 3.8) is 0 Å². The van der Waals surface area contributed by atoms with Crippen LogP contribution >= 0.6 is 0 Å². The van der Waals surface area contributed by atoms with Crippen LogP contribution in [0.2, 0.25) is 0 Å². The molecule has 0 spiro atoms. The quantitative estimate of drug-likeness (QED) is 0.902. The Balaban J connectivity index is 1.91. The van der Waals surface area contributed by atoms with E-state index >= 15 is 0 Å². The summed E-state index contributed by atoms with van der Waals surface area (Å²) in [4.78, 5) is 11.8. The first-order chi connectivity index (χ1) is 10.5. The average Bonchev–Trinajstić information content (AvgIpc) is 2.77. The normalized spacial score (nSPS) is 23.1. The van der Waals surface area contributed by atoms with Gasteiger partial charge in [0.25, 0.3) is 5.91 Å². The second-order valence-electron chi connectivity index (χ2n) is 5.73. The van der Waals surface area contributed by atoms with Crippen molar-refractivity contribution in [3.8, 4) is 5.75 Å². The molecule has 2 heterocycles. The number of nitrogens with zero attached hydrogens (tertiary/aromatic N) is 1. The molecular weight excluding hydrogens is 304 g/mol. The maximum atomic E-state index is 12.8. The van der Waals surface area contributed by atoms with E-state index in [1.165, 1.54) is 12.1 Å². The van der Waals surface area contributed by atoms with Gasteiger partial charge < -0.3 is 10.1 Å². The zero-order valence-corrected chi connectivity index (χ0v) is 13.4. The molecule has 1 aromatic carbocycles. The van der Waals surface area contributed by atoms with Crippen LogP contribution in [0.15, 0.2) is 23.1 Å². The summed E-state index contributed by atoms with van der Waals surface area (Å²) >= 11 is 0. The largest absolute Gasteiger partial charge is 0.479 e. The molecule has 1 atom stereocenters. The Morgan fingerprint density at radius 3 is 2.55 bits per heavy atom. The lowest BCUT2D eigenvalue weighted by Gasteiger charge is -2.25. The molecule has 1 saturated heterocycles.